The molecule has 0 rings (SSSR count). The van der Waals surface area contributed by atoms with Crippen LogP contribution in [0, 0.1) is 6.92 Å². The normalized spacial score (nSPS) is 13.4. The van der Waals surface area contributed by atoms with E-state index in [1.54, 1.807) is 0 Å². The largest absolute Gasteiger partial charge is 0.381 e. The van der Waals surface area contributed by atoms with Gasteiger partial charge < -0.3 is 9.47 Å². The Morgan fingerprint density at radius 1 is 1.13 bits per heavy atom. The molecule has 15 heavy (non-hydrogen) atoms. The first-order valence-electron chi connectivity index (χ1n) is 6.23. The third-order valence-electron chi connectivity index (χ3n) is 2.24. The first-order valence-corrected chi connectivity index (χ1v) is 6.23. The van der Waals surface area contributed by atoms with Crippen molar-refractivity contribution in [3.63, 3.8) is 0 Å². The molecule has 0 bridgehead atoms. The van der Waals surface area contributed by atoms with E-state index < -0.39 is 0 Å². The Morgan fingerprint density at radius 2 is 1.80 bits per heavy atom. The molecule has 91 valence electrons. The van der Waals surface area contributed by atoms with Gasteiger partial charge in [-0.1, -0.05) is 20.3 Å². The molecule has 0 N–H and O–H groups in total. The van der Waals surface area contributed by atoms with E-state index in [1.807, 2.05) is 0 Å². The highest BCUT2D eigenvalue weighted by Gasteiger charge is 2.07. The monoisotopic (exact) mass is 215 g/mol. The van der Waals surface area contributed by atoms with Crippen molar-refractivity contribution in [2.75, 3.05) is 13.2 Å². The van der Waals surface area contributed by atoms with Crippen molar-refractivity contribution < 1.29 is 9.47 Å². The van der Waals surface area contributed by atoms with Gasteiger partial charge in [-0.25, -0.2) is 0 Å². The standard InChI is InChI=1S/C13H27O2/c1-5-7-10-14-11-8-9-13(6-2)15-12(3)4/h12-13H,2,5-11H2,1,3-4H3. The second-order valence-corrected chi connectivity index (χ2v) is 4.20. The van der Waals surface area contributed by atoms with Gasteiger partial charge in [-0.3, -0.25) is 0 Å². The van der Waals surface area contributed by atoms with Crippen molar-refractivity contribution in [3.05, 3.63) is 6.92 Å². The summed E-state index contributed by atoms with van der Waals surface area (Å²) in [5.74, 6) is 0. The van der Waals surface area contributed by atoms with E-state index in [9.17, 15) is 0 Å². The van der Waals surface area contributed by atoms with E-state index in [2.05, 4.69) is 27.7 Å². The first kappa shape index (κ1) is 14.9. The fourth-order valence-corrected chi connectivity index (χ4v) is 1.43. The molecule has 0 heterocycles. The Bertz CT molecular complexity index is 124. The zero-order chi connectivity index (χ0) is 11.5. The molecule has 0 saturated carbocycles. The van der Waals surface area contributed by atoms with Gasteiger partial charge in [0.05, 0.1) is 12.2 Å². The van der Waals surface area contributed by atoms with Gasteiger partial charge in [0, 0.05) is 13.2 Å². The predicted octanol–water partition coefficient (Wildman–Crippen LogP) is 3.60. The van der Waals surface area contributed by atoms with Gasteiger partial charge in [-0.05, 0) is 39.5 Å². The van der Waals surface area contributed by atoms with Gasteiger partial charge in [-0.2, -0.15) is 0 Å². The van der Waals surface area contributed by atoms with E-state index in [1.165, 1.54) is 12.8 Å². The van der Waals surface area contributed by atoms with E-state index in [0.717, 1.165) is 32.5 Å². The Kier molecular flexibility index (Phi) is 10.4. The molecule has 0 aliphatic carbocycles. The van der Waals surface area contributed by atoms with Crippen LogP contribution in [0.25, 0.3) is 0 Å². The van der Waals surface area contributed by atoms with Crippen molar-refractivity contribution in [2.24, 2.45) is 0 Å². The van der Waals surface area contributed by atoms with Gasteiger partial charge in [0.15, 0.2) is 0 Å². The third kappa shape index (κ3) is 10.2. The highest BCUT2D eigenvalue weighted by atomic mass is 16.5. The summed E-state index contributed by atoms with van der Waals surface area (Å²) in [5, 5.41) is 0. The molecule has 0 aliphatic rings. The molecule has 0 fully saturated rings. The molecule has 0 aromatic carbocycles. The van der Waals surface area contributed by atoms with Crippen molar-refractivity contribution >= 4 is 0 Å². The first-order chi connectivity index (χ1) is 7.20. The average molecular weight is 215 g/mol. The van der Waals surface area contributed by atoms with E-state index in [0.29, 0.717) is 12.2 Å². The van der Waals surface area contributed by atoms with Crippen LogP contribution in [0.5, 0.6) is 0 Å². The summed E-state index contributed by atoms with van der Waals surface area (Å²) in [7, 11) is 0. The summed E-state index contributed by atoms with van der Waals surface area (Å²) < 4.78 is 11.2. The minimum Gasteiger partial charge on any atom is -0.381 e. The lowest BCUT2D eigenvalue weighted by molar-refractivity contribution is -0.00106. The second kappa shape index (κ2) is 10.4. The Labute approximate surface area is 95.3 Å². The molecule has 0 amide bonds. The van der Waals surface area contributed by atoms with Crippen LogP contribution in [0.15, 0.2) is 0 Å². The lowest BCUT2D eigenvalue weighted by Gasteiger charge is -2.18. The summed E-state index contributed by atoms with van der Waals surface area (Å²) >= 11 is 0. The SMILES string of the molecule is [CH2]CC(CCCOCCCC)OC(C)C. The Morgan fingerprint density at radius 3 is 2.33 bits per heavy atom. The van der Waals surface area contributed by atoms with Crippen LogP contribution in [0.3, 0.4) is 0 Å². The van der Waals surface area contributed by atoms with Crippen LogP contribution in [0.1, 0.15) is 52.9 Å². The third-order valence-corrected chi connectivity index (χ3v) is 2.24. The fourth-order valence-electron chi connectivity index (χ4n) is 1.43. The Balaban J connectivity index is 3.30. The molecule has 2 nitrogen and oxygen atoms in total. The number of ether oxygens (including phenoxy) is 2. The summed E-state index contributed by atoms with van der Waals surface area (Å²) in [6.45, 7) is 12.0. The van der Waals surface area contributed by atoms with Gasteiger partial charge in [0.2, 0.25) is 0 Å². The van der Waals surface area contributed by atoms with E-state index in [4.69, 9.17) is 9.47 Å². The minimum atomic E-state index is 0.303. The lowest BCUT2D eigenvalue weighted by atomic mass is 10.1. The molecule has 0 aliphatic heterocycles. The Hall–Kier alpha value is -0.0800. The number of hydrogen-bond acceptors (Lipinski definition) is 2. The predicted molar refractivity (Wildman–Crippen MR) is 64.9 cm³/mol. The van der Waals surface area contributed by atoms with Gasteiger partial charge in [0.25, 0.3) is 0 Å². The second-order valence-electron chi connectivity index (χ2n) is 4.20. The maximum atomic E-state index is 5.71. The molecule has 1 atom stereocenters. The van der Waals surface area contributed by atoms with Gasteiger partial charge in [0.1, 0.15) is 0 Å². The zero-order valence-electron chi connectivity index (χ0n) is 10.6. The molecular formula is C13H27O2. The summed E-state index contributed by atoms with van der Waals surface area (Å²) in [6, 6.07) is 0. The zero-order valence-corrected chi connectivity index (χ0v) is 10.6. The molecule has 0 aromatic heterocycles. The molecule has 0 saturated heterocycles. The maximum absolute atomic E-state index is 5.71. The smallest absolute Gasteiger partial charge is 0.0579 e. The number of hydrogen-bond donors (Lipinski definition) is 0. The van der Waals surface area contributed by atoms with Crippen LogP contribution >= 0.6 is 0 Å². The molecular weight excluding hydrogens is 188 g/mol. The van der Waals surface area contributed by atoms with Crippen molar-refractivity contribution in [3.8, 4) is 0 Å². The molecule has 1 radical (unpaired) electrons. The van der Waals surface area contributed by atoms with Crippen LogP contribution in [0.4, 0.5) is 0 Å². The summed E-state index contributed by atoms with van der Waals surface area (Å²) in [6.07, 6.45) is 5.98. The maximum Gasteiger partial charge on any atom is 0.0579 e. The van der Waals surface area contributed by atoms with Gasteiger partial charge >= 0.3 is 0 Å². The highest BCUT2D eigenvalue weighted by Crippen LogP contribution is 2.09. The molecule has 0 aromatic rings. The fraction of sp³-hybridized carbons (Fsp3) is 0.923. The molecule has 2 heteroatoms. The van der Waals surface area contributed by atoms with Crippen molar-refractivity contribution in [1.29, 1.82) is 0 Å². The quantitative estimate of drug-likeness (QED) is 0.518. The minimum absolute atomic E-state index is 0.303. The van der Waals surface area contributed by atoms with E-state index >= 15 is 0 Å². The lowest BCUT2D eigenvalue weighted by Crippen LogP contribution is -2.17. The van der Waals surface area contributed by atoms with Crippen LogP contribution in [-0.4, -0.2) is 25.4 Å². The average Bonchev–Trinajstić information content (AvgIpc) is 2.20. The summed E-state index contributed by atoms with van der Waals surface area (Å²) in [4.78, 5) is 0. The van der Waals surface area contributed by atoms with E-state index in [-0.39, 0.29) is 0 Å². The van der Waals surface area contributed by atoms with Crippen molar-refractivity contribution in [1.82, 2.24) is 0 Å². The molecule has 0 spiro atoms. The number of rotatable bonds is 10. The molecule has 1 unspecified atom stereocenters. The van der Waals surface area contributed by atoms with Crippen LogP contribution in [-0.2, 0) is 9.47 Å². The topological polar surface area (TPSA) is 18.5 Å². The highest BCUT2D eigenvalue weighted by molar-refractivity contribution is 4.61. The van der Waals surface area contributed by atoms with Crippen molar-refractivity contribution in [2.45, 2.75) is 65.1 Å². The van der Waals surface area contributed by atoms with Crippen LogP contribution in [0.2, 0.25) is 0 Å². The van der Waals surface area contributed by atoms with Gasteiger partial charge in [-0.15, -0.1) is 0 Å². The number of unbranched alkanes of at least 4 members (excludes halogenated alkanes) is 1. The van der Waals surface area contributed by atoms with Crippen LogP contribution < -0.4 is 0 Å². The summed E-state index contributed by atoms with van der Waals surface area (Å²) in [5.41, 5.74) is 0.